The average Bonchev–Trinajstić information content (AvgIpc) is 3.18. The van der Waals surface area contributed by atoms with Crippen LogP contribution >= 0.6 is 23.2 Å². The zero-order valence-electron chi connectivity index (χ0n) is 19.5. The molecule has 0 aromatic heterocycles. The Balaban J connectivity index is 1.85. The van der Waals surface area contributed by atoms with Crippen LogP contribution in [0.25, 0.3) is 6.08 Å². The zero-order valence-corrected chi connectivity index (χ0v) is 21.0. The maximum atomic E-state index is 13.7. The van der Waals surface area contributed by atoms with Gasteiger partial charge in [-0.15, -0.1) is 0 Å². The van der Waals surface area contributed by atoms with Crippen LogP contribution in [0.5, 0.6) is 17.2 Å². The number of non-ortho nitro benzene ring substituents is 1. The van der Waals surface area contributed by atoms with Crippen molar-refractivity contribution >= 4 is 46.6 Å². The molecule has 0 saturated carbocycles. The third-order valence-electron chi connectivity index (χ3n) is 5.57. The second kappa shape index (κ2) is 10.3. The summed E-state index contributed by atoms with van der Waals surface area (Å²) >= 11 is 12.8. The van der Waals surface area contributed by atoms with Crippen LogP contribution in [-0.2, 0) is 4.79 Å². The van der Waals surface area contributed by atoms with Crippen molar-refractivity contribution in [1.29, 1.82) is 0 Å². The lowest BCUT2D eigenvalue weighted by atomic mass is 10.1. The molecule has 4 rings (SSSR count). The number of carbonyl (C=O) groups is 1. The van der Waals surface area contributed by atoms with Gasteiger partial charge in [-0.3, -0.25) is 19.8 Å². The first-order valence-electron chi connectivity index (χ1n) is 10.6. The van der Waals surface area contributed by atoms with Crippen molar-refractivity contribution in [1.82, 2.24) is 5.32 Å². The van der Waals surface area contributed by atoms with E-state index < -0.39 is 17.0 Å². The molecule has 1 aliphatic heterocycles. The zero-order chi connectivity index (χ0) is 26.0. The van der Waals surface area contributed by atoms with Gasteiger partial charge in [0.05, 0.1) is 42.0 Å². The number of anilines is 1. The second-order valence-electron chi connectivity index (χ2n) is 7.66. The summed E-state index contributed by atoms with van der Waals surface area (Å²) in [5.74, 6) is 0.829. The number of nitrogens with one attached hydrogen (secondary N) is 1. The summed E-state index contributed by atoms with van der Waals surface area (Å²) < 4.78 is 16.2. The van der Waals surface area contributed by atoms with E-state index >= 15 is 0 Å². The van der Waals surface area contributed by atoms with E-state index in [4.69, 9.17) is 37.4 Å². The molecule has 1 heterocycles. The molecule has 0 radical (unpaired) electrons. The van der Waals surface area contributed by atoms with Gasteiger partial charge in [-0.25, -0.2) is 0 Å². The van der Waals surface area contributed by atoms with Gasteiger partial charge in [0.1, 0.15) is 11.9 Å². The fourth-order valence-electron chi connectivity index (χ4n) is 3.96. The molecule has 0 bridgehead atoms. The number of hydrogen-bond acceptors (Lipinski definition) is 7. The standard InChI is InChI=1S/C25H21Cl2N3O6/c1-34-20-10-14(11-21(35-2)23(20)36-3)9-19-25(31)29(24(28-19)15-7-5-4-6-8-15)22-17(26)12-16(30(32)33)13-18(22)27/h4-13,24,28H,1-3H3. The summed E-state index contributed by atoms with van der Waals surface area (Å²) in [5, 5.41) is 14.4. The lowest BCUT2D eigenvalue weighted by Crippen LogP contribution is -2.30. The highest BCUT2D eigenvalue weighted by Crippen LogP contribution is 2.44. The molecule has 0 spiro atoms. The summed E-state index contributed by atoms with van der Waals surface area (Å²) in [5.41, 5.74) is 1.48. The number of carbonyl (C=O) groups excluding carboxylic acids is 1. The maximum absolute atomic E-state index is 13.7. The van der Waals surface area contributed by atoms with Crippen molar-refractivity contribution in [3.8, 4) is 17.2 Å². The molecular formula is C25H21Cl2N3O6. The largest absolute Gasteiger partial charge is 0.493 e. The van der Waals surface area contributed by atoms with E-state index in [1.165, 1.54) is 38.4 Å². The van der Waals surface area contributed by atoms with E-state index in [0.717, 1.165) is 5.56 Å². The molecule has 1 amide bonds. The fraction of sp³-hybridized carbons (Fsp3) is 0.160. The Kier molecular flexibility index (Phi) is 7.23. The van der Waals surface area contributed by atoms with Crippen molar-refractivity contribution < 1.29 is 23.9 Å². The molecule has 3 aromatic carbocycles. The Hall–Kier alpha value is -3.95. The van der Waals surface area contributed by atoms with E-state index in [0.29, 0.717) is 22.8 Å². The molecule has 1 fully saturated rings. The van der Waals surface area contributed by atoms with Crippen LogP contribution in [0, 0.1) is 10.1 Å². The van der Waals surface area contributed by atoms with Gasteiger partial charge in [-0.05, 0) is 29.3 Å². The van der Waals surface area contributed by atoms with Gasteiger partial charge in [-0.1, -0.05) is 53.5 Å². The molecule has 1 saturated heterocycles. The Morgan fingerprint density at radius 2 is 1.56 bits per heavy atom. The van der Waals surface area contributed by atoms with E-state index in [1.807, 2.05) is 30.3 Å². The number of amides is 1. The van der Waals surface area contributed by atoms with E-state index in [1.54, 1.807) is 18.2 Å². The van der Waals surface area contributed by atoms with Crippen molar-refractivity contribution in [2.45, 2.75) is 6.17 Å². The fourth-order valence-corrected chi connectivity index (χ4v) is 4.62. The van der Waals surface area contributed by atoms with Crippen molar-refractivity contribution in [2.75, 3.05) is 26.2 Å². The van der Waals surface area contributed by atoms with Gasteiger partial charge < -0.3 is 19.5 Å². The maximum Gasteiger partial charge on any atom is 0.276 e. The first kappa shape index (κ1) is 25.2. The number of halogens is 2. The van der Waals surface area contributed by atoms with Crippen LogP contribution < -0.4 is 24.4 Å². The molecule has 1 atom stereocenters. The van der Waals surface area contributed by atoms with Gasteiger partial charge in [0, 0.05) is 12.1 Å². The van der Waals surface area contributed by atoms with Crippen molar-refractivity contribution in [3.05, 3.63) is 91.6 Å². The van der Waals surface area contributed by atoms with Gasteiger partial charge >= 0.3 is 0 Å². The van der Waals surface area contributed by atoms with E-state index in [9.17, 15) is 14.9 Å². The molecule has 36 heavy (non-hydrogen) atoms. The topological polar surface area (TPSA) is 103 Å². The summed E-state index contributed by atoms with van der Waals surface area (Å²) in [4.78, 5) is 25.7. The van der Waals surface area contributed by atoms with Gasteiger partial charge in [-0.2, -0.15) is 0 Å². The number of benzene rings is 3. The smallest absolute Gasteiger partial charge is 0.276 e. The predicted molar refractivity (Wildman–Crippen MR) is 137 cm³/mol. The number of nitrogens with zero attached hydrogens (tertiary/aromatic N) is 2. The SMILES string of the molecule is COc1cc(C=C2NC(c3ccccc3)N(c3c(Cl)cc([N+](=O)[O-])cc3Cl)C2=O)cc(OC)c1OC. The Morgan fingerprint density at radius 3 is 2.06 bits per heavy atom. The lowest BCUT2D eigenvalue weighted by Gasteiger charge is -2.25. The van der Waals surface area contributed by atoms with Crippen LogP contribution in [0.1, 0.15) is 17.3 Å². The third kappa shape index (κ3) is 4.62. The van der Waals surface area contributed by atoms with Crippen LogP contribution in [-0.4, -0.2) is 32.2 Å². The first-order valence-corrected chi connectivity index (χ1v) is 11.3. The minimum absolute atomic E-state index is 0.0284. The van der Waals surface area contributed by atoms with E-state index in [2.05, 4.69) is 5.32 Å². The molecule has 186 valence electrons. The van der Waals surface area contributed by atoms with Gasteiger partial charge in [0.15, 0.2) is 11.5 Å². The summed E-state index contributed by atoms with van der Waals surface area (Å²) in [6.45, 7) is 0. The molecule has 9 nitrogen and oxygen atoms in total. The van der Waals surface area contributed by atoms with Gasteiger partial charge in [0.25, 0.3) is 11.6 Å². The molecular weight excluding hydrogens is 509 g/mol. The average molecular weight is 530 g/mol. The highest BCUT2D eigenvalue weighted by atomic mass is 35.5. The molecule has 1 N–H and O–H groups in total. The monoisotopic (exact) mass is 529 g/mol. The number of nitro groups is 1. The quantitative estimate of drug-likeness (QED) is 0.241. The van der Waals surface area contributed by atoms with E-state index in [-0.39, 0.29) is 27.1 Å². The summed E-state index contributed by atoms with van der Waals surface area (Å²) in [6, 6.07) is 14.9. The Bertz CT molecular complexity index is 1320. The lowest BCUT2D eigenvalue weighted by molar-refractivity contribution is -0.384. The molecule has 1 aliphatic rings. The molecule has 11 heteroatoms. The van der Waals surface area contributed by atoms with Crippen LogP contribution in [0.3, 0.4) is 0 Å². The second-order valence-corrected chi connectivity index (χ2v) is 8.48. The minimum Gasteiger partial charge on any atom is -0.493 e. The van der Waals surface area contributed by atoms with Crippen LogP contribution in [0.2, 0.25) is 10.0 Å². The molecule has 0 aliphatic carbocycles. The summed E-state index contributed by atoms with van der Waals surface area (Å²) in [7, 11) is 4.50. The molecule has 1 unspecified atom stereocenters. The van der Waals surface area contributed by atoms with Crippen LogP contribution in [0.4, 0.5) is 11.4 Å². The van der Waals surface area contributed by atoms with Crippen LogP contribution in [0.15, 0.2) is 60.3 Å². The first-order chi connectivity index (χ1) is 17.3. The Morgan fingerprint density at radius 1 is 0.972 bits per heavy atom. The predicted octanol–water partition coefficient (Wildman–Crippen LogP) is 5.60. The van der Waals surface area contributed by atoms with Crippen molar-refractivity contribution in [2.24, 2.45) is 0 Å². The number of methoxy groups -OCH3 is 3. The van der Waals surface area contributed by atoms with Crippen molar-refractivity contribution in [3.63, 3.8) is 0 Å². The van der Waals surface area contributed by atoms with Gasteiger partial charge in [0.2, 0.25) is 5.75 Å². The third-order valence-corrected chi connectivity index (χ3v) is 6.14. The minimum atomic E-state index is -0.677. The number of ether oxygens (including phenoxy) is 3. The summed E-state index contributed by atoms with van der Waals surface area (Å²) in [6.07, 6.45) is 0.958. The normalized spacial score (nSPS) is 16.1. The molecule has 3 aromatic rings. The number of hydrogen-bond donors (Lipinski definition) is 1. The highest BCUT2D eigenvalue weighted by Gasteiger charge is 2.39. The Labute approximate surface area is 216 Å². The number of rotatable bonds is 7. The highest BCUT2D eigenvalue weighted by molar-refractivity contribution is 6.40. The number of nitro benzene ring substituents is 1.